The summed E-state index contributed by atoms with van der Waals surface area (Å²) < 4.78 is 10.2. The van der Waals surface area contributed by atoms with Gasteiger partial charge in [0.05, 0.1) is 5.02 Å². The highest BCUT2D eigenvalue weighted by atomic mass is 35.5. The number of esters is 1. The van der Waals surface area contributed by atoms with Gasteiger partial charge in [-0.05, 0) is 18.1 Å². The lowest BCUT2D eigenvalue weighted by molar-refractivity contribution is -0.160. The van der Waals surface area contributed by atoms with Gasteiger partial charge in [0.15, 0.2) is 12.7 Å². The summed E-state index contributed by atoms with van der Waals surface area (Å²) in [5, 5.41) is 2.22. The van der Waals surface area contributed by atoms with Crippen molar-refractivity contribution >= 4 is 29.5 Å². The van der Waals surface area contributed by atoms with Crippen LogP contribution in [-0.2, 0) is 14.3 Å². The van der Waals surface area contributed by atoms with E-state index < -0.39 is 30.6 Å². The number of carbonyl (C=O) groups is 3. The molecule has 0 heterocycles. The van der Waals surface area contributed by atoms with Crippen LogP contribution in [0.3, 0.4) is 0 Å². The number of para-hydroxylation sites is 1. The molecule has 22 heavy (non-hydrogen) atoms. The fourth-order valence-corrected chi connectivity index (χ4v) is 1.75. The molecule has 0 aliphatic carbocycles. The first kappa shape index (κ1) is 17.8. The maximum atomic E-state index is 11.7. The van der Waals surface area contributed by atoms with Crippen LogP contribution >= 0.6 is 11.6 Å². The van der Waals surface area contributed by atoms with Gasteiger partial charge in [-0.25, -0.2) is 9.59 Å². The number of hydrogen-bond acceptors (Lipinski definition) is 5. The second kappa shape index (κ2) is 8.23. The van der Waals surface area contributed by atoms with Crippen molar-refractivity contribution in [2.24, 2.45) is 11.7 Å². The molecule has 1 atom stereocenters. The maximum Gasteiger partial charge on any atom is 0.344 e. The first-order valence-corrected chi connectivity index (χ1v) is 6.86. The first-order valence-electron chi connectivity index (χ1n) is 6.48. The number of nitrogens with one attached hydrogen (secondary N) is 1. The van der Waals surface area contributed by atoms with Gasteiger partial charge in [0.1, 0.15) is 5.75 Å². The van der Waals surface area contributed by atoms with Crippen molar-refractivity contribution in [2.45, 2.75) is 20.0 Å². The zero-order valence-corrected chi connectivity index (χ0v) is 12.9. The minimum atomic E-state index is -1.14. The lowest BCUT2D eigenvalue weighted by Gasteiger charge is -2.19. The van der Waals surface area contributed by atoms with Crippen LogP contribution in [0.1, 0.15) is 13.8 Å². The highest BCUT2D eigenvalue weighted by Gasteiger charge is 2.27. The molecule has 7 nitrogen and oxygen atoms in total. The van der Waals surface area contributed by atoms with E-state index >= 15 is 0 Å². The number of imide groups is 1. The van der Waals surface area contributed by atoms with Gasteiger partial charge in [0.25, 0.3) is 5.91 Å². The first-order chi connectivity index (χ1) is 10.3. The third-order valence-corrected chi connectivity index (χ3v) is 2.86. The number of rotatable bonds is 6. The van der Waals surface area contributed by atoms with Crippen molar-refractivity contribution in [2.75, 3.05) is 6.61 Å². The van der Waals surface area contributed by atoms with E-state index in [4.69, 9.17) is 26.8 Å². The molecule has 3 amide bonds. The van der Waals surface area contributed by atoms with Crippen molar-refractivity contribution in [1.82, 2.24) is 5.32 Å². The van der Waals surface area contributed by atoms with Crippen molar-refractivity contribution in [3.05, 3.63) is 29.3 Å². The molecule has 0 aromatic heterocycles. The Hall–Kier alpha value is -2.28. The molecule has 0 bridgehead atoms. The molecule has 0 fully saturated rings. The van der Waals surface area contributed by atoms with E-state index in [1.54, 1.807) is 38.1 Å². The number of ether oxygens (including phenoxy) is 2. The third-order valence-electron chi connectivity index (χ3n) is 2.55. The smallest absolute Gasteiger partial charge is 0.344 e. The summed E-state index contributed by atoms with van der Waals surface area (Å²) in [5.74, 6) is -1.57. The summed E-state index contributed by atoms with van der Waals surface area (Å²) in [5.41, 5.74) is 4.86. The Morgan fingerprint density at radius 2 is 1.91 bits per heavy atom. The molecule has 0 saturated heterocycles. The Morgan fingerprint density at radius 3 is 2.45 bits per heavy atom. The van der Waals surface area contributed by atoms with Crippen LogP contribution in [-0.4, -0.2) is 30.6 Å². The van der Waals surface area contributed by atoms with Crippen molar-refractivity contribution < 1.29 is 23.9 Å². The SMILES string of the molecule is CC(C)[C@@H](OC(=O)COc1ccccc1Cl)C(=O)NC(N)=O. The number of amides is 3. The average molecular weight is 329 g/mol. The van der Waals surface area contributed by atoms with Crippen molar-refractivity contribution in [3.8, 4) is 5.75 Å². The zero-order valence-electron chi connectivity index (χ0n) is 12.2. The minimum Gasteiger partial charge on any atom is -0.480 e. The topological polar surface area (TPSA) is 108 Å². The van der Waals surface area contributed by atoms with Crippen LogP contribution in [0.4, 0.5) is 4.79 Å². The summed E-state index contributed by atoms with van der Waals surface area (Å²) in [6, 6.07) is 5.61. The van der Waals surface area contributed by atoms with E-state index in [9.17, 15) is 14.4 Å². The van der Waals surface area contributed by atoms with Gasteiger partial charge in [-0.2, -0.15) is 0 Å². The fourth-order valence-electron chi connectivity index (χ4n) is 1.56. The number of carbonyl (C=O) groups excluding carboxylic acids is 3. The molecular weight excluding hydrogens is 312 g/mol. The molecule has 8 heteroatoms. The molecule has 1 rings (SSSR count). The van der Waals surface area contributed by atoms with E-state index in [1.807, 2.05) is 5.32 Å². The second-order valence-electron chi connectivity index (χ2n) is 4.73. The third kappa shape index (κ3) is 5.61. The molecule has 0 saturated carbocycles. The highest BCUT2D eigenvalue weighted by Crippen LogP contribution is 2.23. The quantitative estimate of drug-likeness (QED) is 0.769. The molecule has 120 valence electrons. The normalized spacial score (nSPS) is 11.6. The molecule has 1 aromatic carbocycles. The molecule has 3 N–H and O–H groups in total. The Kier molecular flexibility index (Phi) is 6.65. The summed E-state index contributed by atoms with van der Waals surface area (Å²) in [4.78, 5) is 34.1. The minimum absolute atomic E-state index is 0.323. The molecule has 0 spiro atoms. The molecule has 0 aliphatic rings. The molecule has 0 aliphatic heterocycles. The summed E-state index contributed by atoms with van der Waals surface area (Å²) >= 11 is 5.88. The standard InChI is InChI=1S/C14H17ClN2O5/c1-8(2)12(13(19)17-14(16)20)22-11(18)7-21-10-6-4-3-5-9(10)15/h3-6,8,12H,7H2,1-2H3,(H3,16,17,19,20)/t12-/m1/s1. The Morgan fingerprint density at radius 1 is 1.27 bits per heavy atom. The van der Waals surface area contributed by atoms with Crippen molar-refractivity contribution in [3.63, 3.8) is 0 Å². The Balaban J connectivity index is 2.59. The lowest BCUT2D eigenvalue weighted by Crippen LogP contribution is -2.46. The fraction of sp³-hybridized carbons (Fsp3) is 0.357. The molecular formula is C14H17ClN2O5. The second-order valence-corrected chi connectivity index (χ2v) is 5.13. The van der Waals surface area contributed by atoms with E-state index in [0.717, 1.165) is 0 Å². The van der Waals surface area contributed by atoms with Crippen molar-refractivity contribution in [1.29, 1.82) is 0 Å². The van der Waals surface area contributed by atoms with Gasteiger partial charge in [-0.3, -0.25) is 10.1 Å². The summed E-state index contributed by atoms with van der Waals surface area (Å²) in [6.45, 7) is 2.90. The number of urea groups is 1. The van der Waals surface area contributed by atoms with Gasteiger partial charge in [-0.15, -0.1) is 0 Å². The summed E-state index contributed by atoms with van der Waals surface area (Å²) in [6.07, 6.45) is -1.14. The van der Waals surface area contributed by atoms with Crippen LogP contribution in [0.15, 0.2) is 24.3 Å². The van der Waals surface area contributed by atoms with Gasteiger partial charge in [0.2, 0.25) is 0 Å². The number of halogens is 1. The van der Waals surface area contributed by atoms with E-state index in [1.165, 1.54) is 0 Å². The molecule has 0 radical (unpaired) electrons. The van der Waals surface area contributed by atoms with E-state index in [2.05, 4.69) is 0 Å². The molecule has 0 unspecified atom stereocenters. The van der Waals surface area contributed by atoms with Crippen LogP contribution in [0, 0.1) is 5.92 Å². The number of nitrogens with two attached hydrogens (primary N) is 1. The number of primary amides is 1. The maximum absolute atomic E-state index is 11.7. The number of hydrogen-bond donors (Lipinski definition) is 2. The number of benzene rings is 1. The predicted molar refractivity (Wildman–Crippen MR) is 79.4 cm³/mol. The van der Waals surface area contributed by atoms with E-state index in [0.29, 0.717) is 10.8 Å². The Labute approximate surface area is 132 Å². The largest absolute Gasteiger partial charge is 0.480 e. The molecule has 1 aromatic rings. The van der Waals surface area contributed by atoms with Gasteiger partial charge >= 0.3 is 12.0 Å². The van der Waals surface area contributed by atoms with Gasteiger partial charge in [0, 0.05) is 0 Å². The van der Waals surface area contributed by atoms with Gasteiger partial charge in [-0.1, -0.05) is 37.6 Å². The average Bonchev–Trinajstić information content (AvgIpc) is 2.42. The Bertz CT molecular complexity index is 562. The van der Waals surface area contributed by atoms with Crippen LogP contribution in [0.5, 0.6) is 5.75 Å². The summed E-state index contributed by atoms with van der Waals surface area (Å²) in [7, 11) is 0. The van der Waals surface area contributed by atoms with Crippen LogP contribution in [0.25, 0.3) is 0 Å². The lowest BCUT2D eigenvalue weighted by atomic mass is 10.1. The monoisotopic (exact) mass is 328 g/mol. The highest BCUT2D eigenvalue weighted by molar-refractivity contribution is 6.32. The van der Waals surface area contributed by atoms with Crippen LogP contribution < -0.4 is 15.8 Å². The van der Waals surface area contributed by atoms with Crippen LogP contribution in [0.2, 0.25) is 5.02 Å². The predicted octanol–water partition coefficient (Wildman–Crippen LogP) is 1.48. The van der Waals surface area contributed by atoms with Gasteiger partial charge < -0.3 is 15.2 Å². The van der Waals surface area contributed by atoms with E-state index in [-0.39, 0.29) is 5.92 Å². The zero-order chi connectivity index (χ0) is 16.7.